The van der Waals surface area contributed by atoms with Crippen LogP contribution < -0.4 is 15.4 Å². The molecule has 0 radical (unpaired) electrons. The van der Waals surface area contributed by atoms with Crippen molar-refractivity contribution in [3.8, 4) is 5.06 Å². The van der Waals surface area contributed by atoms with Gasteiger partial charge in [-0.3, -0.25) is 4.79 Å². The highest BCUT2D eigenvalue weighted by atomic mass is 35.5. The van der Waals surface area contributed by atoms with E-state index in [1.807, 2.05) is 0 Å². The Morgan fingerprint density at radius 2 is 1.92 bits per heavy atom. The molecular formula is C22H17Cl3F3N3O4S. The number of carbonyl (C=O) groups is 2. The van der Waals surface area contributed by atoms with Crippen LogP contribution in [0.15, 0.2) is 17.3 Å². The zero-order valence-corrected chi connectivity index (χ0v) is 21.3. The first-order valence-electron chi connectivity index (χ1n) is 10.9. The minimum Gasteiger partial charge on any atom is -0.399 e. The molecule has 1 aliphatic carbocycles. The number of hydrogen-bond donors (Lipinski definition) is 2. The third kappa shape index (κ3) is 4.29. The molecule has 1 saturated heterocycles. The molecule has 5 rings (SSSR count). The van der Waals surface area contributed by atoms with Gasteiger partial charge < -0.3 is 20.2 Å². The number of nitrogens with zero attached hydrogens (tertiary/aromatic N) is 1. The number of hydrogen-bond acceptors (Lipinski definition) is 6. The molecule has 192 valence electrons. The van der Waals surface area contributed by atoms with Crippen molar-refractivity contribution in [2.75, 3.05) is 6.54 Å². The van der Waals surface area contributed by atoms with E-state index < -0.39 is 30.3 Å². The number of rotatable bonds is 4. The summed E-state index contributed by atoms with van der Waals surface area (Å²) in [5, 5.41) is 8.86. The molecule has 1 aromatic carbocycles. The molecule has 3 aliphatic rings. The molecule has 14 heteroatoms. The van der Waals surface area contributed by atoms with Crippen LogP contribution in [0.5, 0.6) is 5.06 Å². The minimum atomic E-state index is -4.86. The quantitative estimate of drug-likeness (QED) is 0.449. The molecular weight excluding hydrogens is 566 g/mol. The van der Waals surface area contributed by atoms with Gasteiger partial charge >= 0.3 is 12.3 Å². The highest BCUT2D eigenvalue weighted by molar-refractivity contribution is 7.16. The number of alkyl halides is 3. The van der Waals surface area contributed by atoms with E-state index >= 15 is 0 Å². The van der Waals surface area contributed by atoms with Crippen LogP contribution >= 0.6 is 46.1 Å². The van der Waals surface area contributed by atoms with Crippen molar-refractivity contribution in [3.05, 3.63) is 48.8 Å². The van der Waals surface area contributed by atoms with Crippen LogP contribution in [-0.2, 0) is 28.1 Å². The van der Waals surface area contributed by atoms with Crippen LogP contribution in [0.1, 0.15) is 40.8 Å². The fourth-order valence-electron chi connectivity index (χ4n) is 4.55. The SMILES string of the molecule is O=C(N[C@@H]1CCNC1=O)Oc1sc(C2=NOC(c3cc(Cl)c(Cl)c(Cl)c3)(C(F)(F)F)C2)c2c1CCC2. The van der Waals surface area contributed by atoms with Crippen LogP contribution in [0, 0.1) is 0 Å². The zero-order chi connectivity index (χ0) is 25.8. The summed E-state index contributed by atoms with van der Waals surface area (Å²) in [5.41, 5.74) is -1.56. The summed E-state index contributed by atoms with van der Waals surface area (Å²) in [6.45, 7) is 0.452. The van der Waals surface area contributed by atoms with Gasteiger partial charge in [0.1, 0.15) is 11.8 Å². The lowest BCUT2D eigenvalue weighted by Crippen LogP contribution is -2.42. The molecule has 2 atom stereocenters. The van der Waals surface area contributed by atoms with Gasteiger partial charge in [-0.25, -0.2) is 4.79 Å². The number of amides is 2. The highest BCUT2D eigenvalue weighted by Gasteiger charge is 2.63. The van der Waals surface area contributed by atoms with Crippen molar-refractivity contribution < 1.29 is 32.3 Å². The summed E-state index contributed by atoms with van der Waals surface area (Å²) in [5.74, 6) is -0.299. The first kappa shape index (κ1) is 25.4. The second-order valence-electron chi connectivity index (χ2n) is 8.58. The third-order valence-corrected chi connectivity index (χ3v) is 8.76. The number of thiophene rings is 1. The monoisotopic (exact) mass is 581 g/mol. The number of carbonyl (C=O) groups excluding carboxylic acids is 2. The number of benzene rings is 1. The average Bonchev–Trinajstić information content (AvgIpc) is 3.57. The molecule has 1 unspecified atom stereocenters. The summed E-state index contributed by atoms with van der Waals surface area (Å²) in [6.07, 6.45) is -3.93. The van der Waals surface area contributed by atoms with E-state index in [0.717, 1.165) is 41.0 Å². The van der Waals surface area contributed by atoms with Crippen molar-refractivity contribution in [2.24, 2.45) is 5.16 Å². The zero-order valence-electron chi connectivity index (χ0n) is 18.2. The van der Waals surface area contributed by atoms with Crippen molar-refractivity contribution >= 4 is 63.9 Å². The molecule has 0 saturated carbocycles. The summed E-state index contributed by atoms with van der Waals surface area (Å²) in [6, 6.07) is 1.44. The summed E-state index contributed by atoms with van der Waals surface area (Å²) in [4.78, 5) is 29.7. The smallest absolute Gasteiger partial charge is 0.399 e. The second-order valence-corrected chi connectivity index (χ2v) is 10.8. The maximum Gasteiger partial charge on any atom is 0.435 e. The van der Waals surface area contributed by atoms with E-state index in [1.165, 1.54) is 0 Å². The molecule has 0 spiro atoms. The minimum absolute atomic E-state index is 0.0650. The van der Waals surface area contributed by atoms with Gasteiger partial charge in [-0.2, -0.15) is 13.2 Å². The lowest BCUT2D eigenvalue weighted by molar-refractivity contribution is -0.275. The molecule has 0 bridgehead atoms. The van der Waals surface area contributed by atoms with Crippen LogP contribution in [-0.4, -0.2) is 36.5 Å². The van der Waals surface area contributed by atoms with Crippen molar-refractivity contribution in [1.82, 2.24) is 10.6 Å². The Morgan fingerprint density at radius 1 is 1.22 bits per heavy atom. The second kappa shape index (κ2) is 9.27. The van der Waals surface area contributed by atoms with Gasteiger partial charge in [0.2, 0.25) is 5.91 Å². The van der Waals surface area contributed by atoms with E-state index in [2.05, 4.69) is 15.8 Å². The van der Waals surface area contributed by atoms with E-state index in [0.29, 0.717) is 30.7 Å². The Bertz CT molecular complexity index is 1280. The Morgan fingerprint density at radius 3 is 2.56 bits per heavy atom. The molecule has 2 amide bonds. The highest BCUT2D eigenvalue weighted by Crippen LogP contribution is 2.52. The predicted octanol–water partition coefficient (Wildman–Crippen LogP) is 5.76. The van der Waals surface area contributed by atoms with Gasteiger partial charge in [-0.1, -0.05) is 51.3 Å². The van der Waals surface area contributed by atoms with E-state index in [4.69, 9.17) is 44.4 Å². The Kier molecular flexibility index (Phi) is 6.55. The van der Waals surface area contributed by atoms with Crippen molar-refractivity contribution in [2.45, 2.75) is 49.9 Å². The van der Waals surface area contributed by atoms with Gasteiger partial charge in [0.05, 0.1) is 26.4 Å². The molecule has 7 nitrogen and oxygen atoms in total. The fourth-order valence-corrected chi connectivity index (χ4v) is 6.38. The summed E-state index contributed by atoms with van der Waals surface area (Å²) in [7, 11) is 0. The Balaban J connectivity index is 1.43. The van der Waals surface area contributed by atoms with Crippen molar-refractivity contribution in [1.29, 1.82) is 0 Å². The standard InChI is InChI=1S/C22H17Cl3F3N3O4S/c23-12-6-9(7-13(24)16(12)25)21(22(26,27)28)8-15(31-35-21)17-10-2-1-3-11(10)19(36-17)34-20(33)30-14-4-5-29-18(14)32/h6-7,14H,1-5,8H2,(H,29,32)(H,30,33)/t14-,21?/m1/s1. The molecule has 2 N–H and O–H groups in total. The number of fused-ring (bicyclic) bond motifs is 1. The Hall–Kier alpha value is -2.21. The molecule has 1 fully saturated rings. The van der Waals surface area contributed by atoms with Gasteiger partial charge in [0.15, 0.2) is 5.06 Å². The fraction of sp³-hybridized carbons (Fsp3) is 0.409. The summed E-state index contributed by atoms with van der Waals surface area (Å²) >= 11 is 19.0. The number of halogens is 6. The average molecular weight is 583 g/mol. The van der Waals surface area contributed by atoms with Gasteiger partial charge in [-0.05, 0) is 43.4 Å². The first-order valence-corrected chi connectivity index (χ1v) is 12.8. The lowest BCUT2D eigenvalue weighted by Gasteiger charge is -2.29. The van der Waals surface area contributed by atoms with Gasteiger partial charge in [-0.15, -0.1) is 0 Å². The number of oxime groups is 1. The van der Waals surface area contributed by atoms with Gasteiger partial charge in [0.25, 0.3) is 5.60 Å². The lowest BCUT2D eigenvalue weighted by atomic mass is 9.87. The summed E-state index contributed by atoms with van der Waals surface area (Å²) < 4.78 is 48.7. The topological polar surface area (TPSA) is 89.0 Å². The molecule has 3 heterocycles. The number of ether oxygens (including phenoxy) is 1. The van der Waals surface area contributed by atoms with Gasteiger partial charge in [0, 0.05) is 17.7 Å². The number of nitrogens with one attached hydrogen (secondary N) is 2. The van der Waals surface area contributed by atoms with Crippen LogP contribution in [0.3, 0.4) is 0 Å². The first-order chi connectivity index (χ1) is 17.0. The maximum absolute atomic E-state index is 14.4. The van der Waals surface area contributed by atoms with E-state index in [-0.39, 0.29) is 37.3 Å². The van der Waals surface area contributed by atoms with Crippen molar-refractivity contribution in [3.63, 3.8) is 0 Å². The predicted molar refractivity (Wildman–Crippen MR) is 128 cm³/mol. The molecule has 2 aliphatic heterocycles. The Labute approximate surface area is 221 Å². The largest absolute Gasteiger partial charge is 0.435 e. The van der Waals surface area contributed by atoms with E-state index in [1.54, 1.807) is 0 Å². The molecule has 1 aromatic heterocycles. The van der Waals surface area contributed by atoms with Crippen LogP contribution in [0.2, 0.25) is 15.1 Å². The third-order valence-electron chi connectivity index (χ3n) is 6.36. The van der Waals surface area contributed by atoms with E-state index in [9.17, 15) is 22.8 Å². The molecule has 36 heavy (non-hydrogen) atoms. The van der Waals surface area contributed by atoms with Crippen LogP contribution in [0.4, 0.5) is 18.0 Å². The normalized spacial score (nSPS) is 23.2. The maximum atomic E-state index is 14.4. The van der Waals surface area contributed by atoms with Crippen LogP contribution in [0.25, 0.3) is 0 Å². The molecule has 2 aromatic rings.